The lowest BCUT2D eigenvalue weighted by molar-refractivity contribution is -0.147. The van der Waals surface area contributed by atoms with E-state index in [2.05, 4.69) is 31.3 Å². The van der Waals surface area contributed by atoms with Crippen LogP contribution in [0.5, 0.6) is 0 Å². The number of amides is 1. The van der Waals surface area contributed by atoms with Gasteiger partial charge in [-0.1, -0.05) is 122 Å². The number of ether oxygens (including phenoxy) is 1. The number of aliphatic hydroxyl groups excluding tert-OH is 1. The molecule has 0 bridgehead atoms. The third-order valence-electron chi connectivity index (χ3n) is 7.80. The highest BCUT2D eigenvalue weighted by Gasteiger charge is 2.28. The van der Waals surface area contributed by atoms with Crippen LogP contribution in [0.3, 0.4) is 0 Å². The molecular formula is C35H66NO10P. The second kappa shape index (κ2) is 31.5. The van der Waals surface area contributed by atoms with E-state index < -0.39 is 57.6 Å². The van der Waals surface area contributed by atoms with Gasteiger partial charge in [0.25, 0.3) is 0 Å². The van der Waals surface area contributed by atoms with Gasteiger partial charge in [0.2, 0.25) is 5.91 Å². The van der Waals surface area contributed by atoms with Gasteiger partial charge >= 0.3 is 19.8 Å². The zero-order chi connectivity index (χ0) is 35.0. The van der Waals surface area contributed by atoms with E-state index >= 15 is 0 Å². The summed E-state index contributed by atoms with van der Waals surface area (Å²) in [7, 11) is -4.74. The lowest BCUT2D eigenvalue weighted by atomic mass is 10.1. The van der Waals surface area contributed by atoms with Crippen molar-refractivity contribution in [3.63, 3.8) is 0 Å². The molecule has 0 aliphatic rings. The first-order chi connectivity index (χ1) is 22.6. The van der Waals surface area contributed by atoms with Crippen molar-refractivity contribution in [3.8, 4) is 0 Å². The van der Waals surface area contributed by atoms with Crippen molar-refractivity contribution in [2.75, 3.05) is 19.8 Å². The fourth-order valence-corrected chi connectivity index (χ4v) is 5.67. The Bertz CT molecular complexity index is 869. The van der Waals surface area contributed by atoms with Gasteiger partial charge in [-0.05, 0) is 38.5 Å². The van der Waals surface area contributed by atoms with Crippen molar-refractivity contribution in [1.29, 1.82) is 0 Å². The first-order valence-corrected chi connectivity index (χ1v) is 19.7. The highest BCUT2D eigenvalue weighted by Crippen LogP contribution is 2.43. The van der Waals surface area contributed by atoms with Crippen LogP contribution < -0.4 is 5.32 Å². The monoisotopic (exact) mass is 691 g/mol. The number of carbonyl (C=O) groups is 3. The van der Waals surface area contributed by atoms with Crippen LogP contribution in [0.1, 0.15) is 162 Å². The molecule has 0 saturated carbocycles. The lowest BCUT2D eigenvalue weighted by Crippen LogP contribution is -2.43. The van der Waals surface area contributed by atoms with E-state index in [9.17, 15) is 34.1 Å². The molecule has 0 aromatic heterocycles. The van der Waals surface area contributed by atoms with Gasteiger partial charge in [0.1, 0.15) is 12.7 Å². The quantitative estimate of drug-likeness (QED) is 0.0224. The van der Waals surface area contributed by atoms with Crippen molar-refractivity contribution >= 4 is 25.7 Å². The van der Waals surface area contributed by atoms with Crippen molar-refractivity contribution in [3.05, 3.63) is 12.2 Å². The molecule has 0 spiro atoms. The van der Waals surface area contributed by atoms with Gasteiger partial charge in [0.15, 0.2) is 6.04 Å². The molecule has 47 heavy (non-hydrogen) atoms. The summed E-state index contributed by atoms with van der Waals surface area (Å²) in [5, 5.41) is 21.6. The average molecular weight is 692 g/mol. The van der Waals surface area contributed by atoms with Gasteiger partial charge in [-0.2, -0.15) is 0 Å². The molecule has 0 rings (SSSR count). The van der Waals surface area contributed by atoms with Crippen LogP contribution in [0.25, 0.3) is 0 Å². The molecule has 0 aromatic rings. The molecule has 0 aliphatic carbocycles. The van der Waals surface area contributed by atoms with E-state index in [0.29, 0.717) is 12.8 Å². The van der Waals surface area contributed by atoms with Gasteiger partial charge in [-0.15, -0.1) is 0 Å². The van der Waals surface area contributed by atoms with E-state index in [1.54, 1.807) is 0 Å². The Kier molecular flexibility index (Phi) is 30.3. The highest BCUT2D eigenvalue weighted by molar-refractivity contribution is 7.47. The molecule has 3 atom stereocenters. The maximum atomic E-state index is 12.1. The Morgan fingerprint density at radius 1 is 0.660 bits per heavy atom. The minimum atomic E-state index is -4.74. The zero-order valence-electron chi connectivity index (χ0n) is 29.3. The number of carboxylic acid groups (broad SMARTS) is 1. The molecule has 0 aliphatic heterocycles. The summed E-state index contributed by atoms with van der Waals surface area (Å²) in [4.78, 5) is 45.4. The van der Waals surface area contributed by atoms with Crippen molar-refractivity contribution in [1.82, 2.24) is 5.32 Å². The average Bonchev–Trinajstić information content (AvgIpc) is 3.04. The van der Waals surface area contributed by atoms with Crippen LogP contribution in [0.15, 0.2) is 12.2 Å². The maximum Gasteiger partial charge on any atom is 0.472 e. The number of unbranched alkanes of at least 4 members (excludes halogenated alkanes) is 18. The Labute approximate surface area is 284 Å². The molecular weight excluding hydrogens is 625 g/mol. The van der Waals surface area contributed by atoms with E-state index in [-0.39, 0.29) is 12.8 Å². The number of carboxylic acids is 1. The van der Waals surface area contributed by atoms with Crippen LogP contribution in [0.4, 0.5) is 0 Å². The van der Waals surface area contributed by atoms with Crippen LogP contribution in [-0.2, 0) is 32.7 Å². The summed E-state index contributed by atoms with van der Waals surface area (Å²) in [5.74, 6) is -2.39. The normalized spacial score (nSPS) is 14.1. The summed E-state index contributed by atoms with van der Waals surface area (Å²) in [5.41, 5.74) is 0. The fraction of sp³-hybridized carbons (Fsp3) is 0.857. The molecule has 11 nitrogen and oxygen atoms in total. The molecule has 4 N–H and O–H groups in total. The number of phosphoric ester groups is 1. The van der Waals surface area contributed by atoms with Gasteiger partial charge in [0.05, 0.1) is 13.2 Å². The number of esters is 1. The standard InChI is InChI=1S/C35H66NO10P/c1-3-5-7-9-11-12-13-14-15-16-17-18-19-21-23-25-27-34(39)44-28-31(37)29-45-47(42,43)46-30-32(35(40)41)36-33(38)26-24-22-20-10-8-6-4-2/h15-16,31-32,37H,3-14,17-30H2,1-2H3,(H,36,38)(H,40,41)(H,42,43)/b16-15-. The minimum Gasteiger partial charge on any atom is -0.480 e. The molecule has 276 valence electrons. The summed E-state index contributed by atoms with van der Waals surface area (Å²) in [6.45, 7) is 2.49. The van der Waals surface area contributed by atoms with Crippen LogP contribution in [0, 0.1) is 0 Å². The number of hydrogen-bond acceptors (Lipinski definition) is 8. The van der Waals surface area contributed by atoms with E-state index in [0.717, 1.165) is 70.6 Å². The molecule has 1 amide bonds. The zero-order valence-corrected chi connectivity index (χ0v) is 30.2. The third kappa shape index (κ3) is 31.3. The number of aliphatic hydroxyl groups is 1. The Morgan fingerprint density at radius 2 is 1.11 bits per heavy atom. The highest BCUT2D eigenvalue weighted by atomic mass is 31.2. The van der Waals surface area contributed by atoms with E-state index in [1.807, 2.05) is 0 Å². The third-order valence-corrected chi connectivity index (χ3v) is 8.76. The van der Waals surface area contributed by atoms with Crippen molar-refractivity contribution in [2.24, 2.45) is 0 Å². The van der Waals surface area contributed by atoms with Crippen molar-refractivity contribution in [2.45, 2.75) is 174 Å². The molecule has 3 unspecified atom stereocenters. The number of aliphatic carboxylic acids is 1. The predicted molar refractivity (Wildman–Crippen MR) is 185 cm³/mol. The first kappa shape index (κ1) is 45.2. The number of allylic oxidation sites excluding steroid dienone is 2. The first-order valence-electron chi connectivity index (χ1n) is 18.2. The largest absolute Gasteiger partial charge is 0.480 e. The summed E-state index contributed by atoms with van der Waals surface area (Å²) < 4.78 is 26.6. The smallest absolute Gasteiger partial charge is 0.472 e. The molecule has 0 fully saturated rings. The Hall–Kier alpha value is -1.78. The second-order valence-corrected chi connectivity index (χ2v) is 13.9. The van der Waals surface area contributed by atoms with Crippen LogP contribution in [-0.4, -0.2) is 64.9 Å². The van der Waals surface area contributed by atoms with Gasteiger partial charge in [0, 0.05) is 12.8 Å². The van der Waals surface area contributed by atoms with Crippen LogP contribution in [0.2, 0.25) is 0 Å². The summed E-state index contributed by atoms with van der Waals surface area (Å²) in [6.07, 6.45) is 27.1. The lowest BCUT2D eigenvalue weighted by Gasteiger charge is -2.18. The Morgan fingerprint density at radius 3 is 1.62 bits per heavy atom. The Balaban J connectivity index is 3.92. The van der Waals surface area contributed by atoms with Gasteiger partial charge in [-0.25, -0.2) is 9.36 Å². The maximum absolute atomic E-state index is 12.1. The predicted octanol–water partition coefficient (Wildman–Crippen LogP) is 8.16. The molecule has 12 heteroatoms. The molecule has 0 heterocycles. The van der Waals surface area contributed by atoms with Gasteiger partial charge < -0.3 is 25.2 Å². The van der Waals surface area contributed by atoms with E-state index in [1.165, 1.54) is 51.4 Å². The summed E-state index contributed by atoms with van der Waals surface area (Å²) >= 11 is 0. The topological polar surface area (TPSA) is 169 Å². The second-order valence-electron chi connectivity index (χ2n) is 12.4. The number of hydrogen-bond donors (Lipinski definition) is 4. The molecule has 0 radical (unpaired) electrons. The number of phosphoric acid groups is 1. The number of rotatable bonds is 34. The molecule has 0 saturated heterocycles. The van der Waals surface area contributed by atoms with Gasteiger partial charge in [-0.3, -0.25) is 18.6 Å². The minimum absolute atomic E-state index is 0.146. The van der Waals surface area contributed by atoms with Crippen molar-refractivity contribution < 1.29 is 47.8 Å². The fourth-order valence-electron chi connectivity index (χ4n) is 4.90. The van der Waals surface area contributed by atoms with E-state index in [4.69, 9.17) is 13.8 Å². The SMILES string of the molecule is CCCCCCCCC/C=C\CCCCCCCC(=O)OCC(O)COP(=O)(O)OCC(NC(=O)CCCCCCCCC)C(=O)O. The number of nitrogens with one attached hydrogen (secondary N) is 1. The molecule has 0 aromatic carbocycles. The van der Waals surface area contributed by atoms with Crippen LogP contribution >= 0.6 is 7.82 Å². The summed E-state index contributed by atoms with van der Waals surface area (Å²) in [6, 6.07) is -1.54. The number of carbonyl (C=O) groups excluding carboxylic acids is 2.